The summed E-state index contributed by atoms with van der Waals surface area (Å²) >= 11 is 0. The number of rotatable bonds is 3. The highest BCUT2D eigenvalue weighted by atomic mass is 16.1. The lowest BCUT2D eigenvalue weighted by atomic mass is 10.1. The Morgan fingerprint density at radius 3 is 2.77 bits per heavy atom. The van der Waals surface area contributed by atoms with E-state index in [2.05, 4.69) is 18.4 Å². The molecule has 1 rings (SSSR count). The van der Waals surface area contributed by atoms with Crippen molar-refractivity contribution >= 4 is 0 Å². The lowest BCUT2D eigenvalue weighted by Gasteiger charge is -2.11. The smallest absolute Gasteiger partial charge is 0.184 e. The Balaban J connectivity index is 2.79. The predicted molar refractivity (Wildman–Crippen MR) is 54.9 cm³/mol. The van der Waals surface area contributed by atoms with Crippen molar-refractivity contribution in [1.82, 2.24) is 4.57 Å². The Labute approximate surface area is 79.2 Å². The summed E-state index contributed by atoms with van der Waals surface area (Å²) in [7, 11) is 0. The van der Waals surface area contributed by atoms with Gasteiger partial charge in [-0.25, -0.2) is 0 Å². The van der Waals surface area contributed by atoms with E-state index in [1.165, 1.54) is 6.42 Å². The minimum Gasteiger partial charge on any atom is -0.353 e. The summed E-state index contributed by atoms with van der Waals surface area (Å²) in [5.74, 6) is 0.668. The normalized spacial score (nSPS) is 12.8. The van der Waals surface area contributed by atoms with Gasteiger partial charge in [0.1, 0.15) is 0 Å². The van der Waals surface area contributed by atoms with Crippen LogP contribution in [0.4, 0.5) is 0 Å². The molecule has 0 aliphatic rings. The van der Waals surface area contributed by atoms with Gasteiger partial charge in [0.15, 0.2) is 5.43 Å². The second-order valence-electron chi connectivity index (χ2n) is 3.70. The number of hydrogen-bond donors (Lipinski definition) is 0. The van der Waals surface area contributed by atoms with Crippen LogP contribution in [0.3, 0.4) is 0 Å². The zero-order valence-corrected chi connectivity index (χ0v) is 8.58. The number of aryl methyl sites for hydroxylation is 1. The van der Waals surface area contributed by atoms with E-state index in [-0.39, 0.29) is 5.43 Å². The predicted octanol–water partition coefficient (Wildman–Crippen LogP) is 2.20. The van der Waals surface area contributed by atoms with Gasteiger partial charge in [-0.05, 0) is 12.8 Å². The van der Waals surface area contributed by atoms with E-state index in [9.17, 15) is 4.79 Å². The van der Waals surface area contributed by atoms with Crippen LogP contribution in [-0.2, 0) is 6.54 Å². The maximum Gasteiger partial charge on any atom is 0.184 e. The molecule has 0 fully saturated rings. The summed E-state index contributed by atoms with van der Waals surface area (Å²) < 4.78 is 2.09. The lowest BCUT2D eigenvalue weighted by molar-refractivity contribution is 0.466. The van der Waals surface area contributed by atoms with Gasteiger partial charge in [-0.1, -0.05) is 20.3 Å². The van der Waals surface area contributed by atoms with Gasteiger partial charge in [-0.15, -0.1) is 0 Å². The Morgan fingerprint density at radius 2 is 2.23 bits per heavy atom. The molecule has 0 bridgehead atoms. The standard InChI is InChI=1S/C11H17NO/c1-4-9(2)7-12-6-5-11(13)10(3)8-12/h5-6,8-9H,4,7H2,1-3H3. The van der Waals surface area contributed by atoms with Crippen molar-refractivity contribution in [3.05, 3.63) is 34.2 Å². The first kappa shape index (κ1) is 10.0. The zero-order valence-electron chi connectivity index (χ0n) is 8.58. The summed E-state index contributed by atoms with van der Waals surface area (Å²) in [6, 6.07) is 1.64. The van der Waals surface area contributed by atoms with Crippen LogP contribution in [0.15, 0.2) is 23.3 Å². The van der Waals surface area contributed by atoms with E-state index in [1.54, 1.807) is 6.07 Å². The van der Waals surface area contributed by atoms with Gasteiger partial charge in [-0.3, -0.25) is 4.79 Å². The summed E-state index contributed by atoms with van der Waals surface area (Å²) in [5, 5.41) is 0. The van der Waals surface area contributed by atoms with E-state index in [0.29, 0.717) is 5.92 Å². The summed E-state index contributed by atoms with van der Waals surface area (Å²) in [6.07, 6.45) is 4.96. The molecule has 0 amide bonds. The topological polar surface area (TPSA) is 22.0 Å². The second kappa shape index (κ2) is 4.26. The molecule has 0 saturated heterocycles. The Kier molecular flexibility index (Phi) is 3.29. The third-order valence-corrected chi connectivity index (χ3v) is 2.38. The van der Waals surface area contributed by atoms with Crippen molar-refractivity contribution in [2.24, 2.45) is 5.92 Å². The van der Waals surface area contributed by atoms with E-state index in [1.807, 2.05) is 19.3 Å². The first-order valence-corrected chi connectivity index (χ1v) is 4.80. The first-order chi connectivity index (χ1) is 6.13. The van der Waals surface area contributed by atoms with Crippen LogP contribution in [0.5, 0.6) is 0 Å². The van der Waals surface area contributed by atoms with E-state index in [4.69, 9.17) is 0 Å². The second-order valence-corrected chi connectivity index (χ2v) is 3.70. The van der Waals surface area contributed by atoms with Crippen LogP contribution in [0.25, 0.3) is 0 Å². The monoisotopic (exact) mass is 179 g/mol. The van der Waals surface area contributed by atoms with Crippen LogP contribution in [-0.4, -0.2) is 4.57 Å². The van der Waals surface area contributed by atoms with Gasteiger partial charge in [0.25, 0.3) is 0 Å². The molecule has 13 heavy (non-hydrogen) atoms. The lowest BCUT2D eigenvalue weighted by Crippen LogP contribution is -2.12. The van der Waals surface area contributed by atoms with Crippen molar-refractivity contribution in [3.8, 4) is 0 Å². The SMILES string of the molecule is CCC(C)Cn1ccc(=O)c(C)c1. The molecule has 0 saturated carbocycles. The highest BCUT2D eigenvalue weighted by molar-refractivity contribution is 5.07. The molecule has 0 spiro atoms. The average molecular weight is 179 g/mol. The molecule has 1 aromatic heterocycles. The van der Waals surface area contributed by atoms with E-state index >= 15 is 0 Å². The zero-order chi connectivity index (χ0) is 9.84. The van der Waals surface area contributed by atoms with Gasteiger partial charge >= 0.3 is 0 Å². The molecule has 1 heterocycles. The molecule has 1 unspecified atom stereocenters. The Morgan fingerprint density at radius 1 is 1.54 bits per heavy atom. The van der Waals surface area contributed by atoms with E-state index < -0.39 is 0 Å². The molecule has 0 aliphatic carbocycles. The fourth-order valence-corrected chi connectivity index (χ4v) is 1.25. The molecule has 0 radical (unpaired) electrons. The average Bonchev–Trinajstić information content (AvgIpc) is 2.11. The van der Waals surface area contributed by atoms with Crippen LogP contribution >= 0.6 is 0 Å². The third-order valence-electron chi connectivity index (χ3n) is 2.38. The number of pyridine rings is 1. The maximum absolute atomic E-state index is 11.1. The van der Waals surface area contributed by atoms with Crippen LogP contribution < -0.4 is 5.43 Å². The third kappa shape index (κ3) is 2.72. The molecule has 0 aromatic carbocycles. The number of hydrogen-bond acceptors (Lipinski definition) is 1. The maximum atomic E-state index is 11.1. The van der Waals surface area contributed by atoms with E-state index in [0.717, 1.165) is 12.1 Å². The minimum absolute atomic E-state index is 0.125. The summed E-state index contributed by atoms with van der Waals surface area (Å²) in [5.41, 5.74) is 0.950. The Bertz CT molecular complexity index is 327. The minimum atomic E-state index is 0.125. The van der Waals surface area contributed by atoms with Gasteiger partial charge in [0.05, 0.1) is 0 Å². The largest absolute Gasteiger partial charge is 0.353 e. The molecule has 72 valence electrons. The molecule has 0 N–H and O–H groups in total. The fraction of sp³-hybridized carbons (Fsp3) is 0.545. The van der Waals surface area contributed by atoms with Crippen molar-refractivity contribution < 1.29 is 0 Å². The summed E-state index contributed by atoms with van der Waals surface area (Å²) in [4.78, 5) is 11.1. The molecular weight excluding hydrogens is 162 g/mol. The van der Waals surface area contributed by atoms with Crippen LogP contribution in [0.2, 0.25) is 0 Å². The highest BCUT2D eigenvalue weighted by Crippen LogP contribution is 2.04. The quantitative estimate of drug-likeness (QED) is 0.697. The molecule has 1 aromatic rings. The molecule has 0 aliphatic heterocycles. The summed E-state index contributed by atoms with van der Waals surface area (Å²) in [6.45, 7) is 7.25. The first-order valence-electron chi connectivity index (χ1n) is 4.80. The van der Waals surface area contributed by atoms with Crippen LogP contribution in [0, 0.1) is 12.8 Å². The molecular formula is C11H17NO. The Hall–Kier alpha value is -1.05. The van der Waals surface area contributed by atoms with Crippen molar-refractivity contribution in [1.29, 1.82) is 0 Å². The number of nitrogens with zero attached hydrogens (tertiary/aromatic N) is 1. The fourth-order valence-electron chi connectivity index (χ4n) is 1.25. The van der Waals surface area contributed by atoms with Gasteiger partial charge in [0, 0.05) is 30.6 Å². The van der Waals surface area contributed by atoms with Crippen LogP contribution in [0.1, 0.15) is 25.8 Å². The molecule has 2 heteroatoms. The molecule has 2 nitrogen and oxygen atoms in total. The van der Waals surface area contributed by atoms with Gasteiger partial charge in [0.2, 0.25) is 0 Å². The highest BCUT2D eigenvalue weighted by Gasteiger charge is 1.99. The van der Waals surface area contributed by atoms with Gasteiger partial charge < -0.3 is 4.57 Å². The molecule has 1 atom stereocenters. The van der Waals surface area contributed by atoms with Crippen molar-refractivity contribution in [3.63, 3.8) is 0 Å². The van der Waals surface area contributed by atoms with Crippen molar-refractivity contribution in [2.75, 3.05) is 0 Å². The van der Waals surface area contributed by atoms with Gasteiger partial charge in [-0.2, -0.15) is 0 Å². The number of aromatic nitrogens is 1. The van der Waals surface area contributed by atoms with Crippen molar-refractivity contribution in [2.45, 2.75) is 33.7 Å².